The number of aryl methyl sites for hydroxylation is 1. The number of amides is 2. The molecule has 1 aromatic heterocycles. The Bertz CT molecular complexity index is 1440. The zero-order chi connectivity index (χ0) is 26.4. The topological polar surface area (TPSA) is 82.0 Å². The predicted octanol–water partition coefficient (Wildman–Crippen LogP) is 4.91. The van der Waals surface area contributed by atoms with E-state index in [9.17, 15) is 9.59 Å². The van der Waals surface area contributed by atoms with E-state index < -0.39 is 5.92 Å². The molecular weight excluding hydrogens is 470 g/mol. The summed E-state index contributed by atoms with van der Waals surface area (Å²) in [6, 6.07) is 9.83. The number of hydrogen-bond donors (Lipinski definition) is 1. The monoisotopic (exact) mass is 503 g/mol. The van der Waals surface area contributed by atoms with Crippen molar-refractivity contribution in [3.8, 4) is 17.2 Å². The van der Waals surface area contributed by atoms with E-state index in [0.29, 0.717) is 28.7 Å². The largest absolute Gasteiger partial charge is 0.496 e. The second kappa shape index (κ2) is 9.50. The fourth-order valence-corrected chi connectivity index (χ4v) is 5.46. The fraction of sp³-hybridized carbons (Fsp3) is 0.379. The highest BCUT2D eigenvalue weighted by molar-refractivity contribution is 6.11. The van der Waals surface area contributed by atoms with E-state index >= 15 is 0 Å². The molecule has 1 unspecified atom stereocenters. The maximum Gasteiger partial charge on any atom is 0.259 e. The van der Waals surface area contributed by atoms with E-state index in [2.05, 4.69) is 36.0 Å². The van der Waals surface area contributed by atoms with Crippen molar-refractivity contribution in [1.82, 2.24) is 9.47 Å². The Balaban J connectivity index is 1.81. The minimum atomic E-state index is -0.486. The number of hydrogen-bond acceptors (Lipinski definition) is 6. The molecule has 3 aromatic rings. The Morgan fingerprint density at radius 2 is 1.76 bits per heavy atom. The zero-order valence-electron chi connectivity index (χ0n) is 22.2. The average molecular weight is 504 g/mol. The molecule has 8 heteroatoms. The standard InChI is InChI=1S/C29H33N3O5/c1-16(2)10-11-31-14-19-26(18-12-24(36-5)25(37-6)13-23(18)35-4)28-21(15-32(17(3)33)29(28)34)30-20-8-7-9-22(31)27(19)20/h7-9,12-14,16,26,30H,10-11,15H2,1-6H3. The van der Waals surface area contributed by atoms with Crippen LogP contribution in [0, 0.1) is 5.92 Å². The molecule has 8 nitrogen and oxygen atoms in total. The predicted molar refractivity (Wildman–Crippen MR) is 142 cm³/mol. The molecule has 0 bridgehead atoms. The number of nitrogens with zero attached hydrogens (tertiary/aromatic N) is 2. The summed E-state index contributed by atoms with van der Waals surface area (Å²) in [4.78, 5) is 27.5. The number of nitrogens with one attached hydrogen (secondary N) is 1. The normalized spacial score (nSPS) is 16.7. The molecule has 1 atom stereocenters. The van der Waals surface area contributed by atoms with Gasteiger partial charge in [0, 0.05) is 54.0 Å². The van der Waals surface area contributed by atoms with Gasteiger partial charge in [-0.1, -0.05) is 19.9 Å². The minimum absolute atomic E-state index is 0.198. The summed E-state index contributed by atoms with van der Waals surface area (Å²) in [6.07, 6.45) is 3.18. The smallest absolute Gasteiger partial charge is 0.259 e. The number of ether oxygens (including phenoxy) is 3. The number of carbonyl (C=O) groups excluding carboxylic acids is 2. The Hall–Kier alpha value is -3.94. The van der Waals surface area contributed by atoms with Crippen LogP contribution >= 0.6 is 0 Å². The summed E-state index contributed by atoms with van der Waals surface area (Å²) in [6.45, 7) is 6.90. The first kappa shape index (κ1) is 24.7. The average Bonchev–Trinajstić information content (AvgIpc) is 3.36. The van der Waals surface area contributed by atoms with Crippen LogP contribution in [-0.2, 0) is 16.1 Å². The van der Waals surface area contributed by atoms with Gasteiger partial charge >= 0.3 is 0 Å². The Morgan fingerprint density at radius 3 is 2.41 bits per heavy atom. The highest BCUT2D eigenvalue weighted by atomic mass is 16.5. The number of aromatic nitrogens is 1. The van der Waals surface area contributed by atoms with Crippen LogP contribution < -0.4 is 19.5 Å². The first-order chi connectivity index (χ1) is 17.8. The third kappa shape index (κ3) is 4.00. The van der Waals surface area contributed by atoms with Gasteiger partial charge in [-0.3, -0.25) is 14.5 Å². The van der Waals surface area contributed by atoms with Gasteiger partial charge in [0.1, 0.15) is 5.75 Å². The molecule has 0 radical (unpaired) electrons. The van der Waals surface area contributed by atoms with E-state index in [1.807, 2.05) is 18.2 Å². The molecule has 0 fully saturated rings. The fourth-order valence-electron chi connectivity index (χ4n) is 5.46. The summed E-state index contributed by atoms with van der Waals surface area (Å²) in [5.41, 5.74) is 5.04. The maximum absolute atomic E-state index is 13.8. The van der Waals surface area contributed by atoms with Gasteiger partial charge in [-0.05, 0) is 36.1 Å². The van der Waals surface area contributed by atoms with Crippen LogP contribution in [0.4, 0.5) is 5.69 Å². The van der Waals surface area contributed by atoms with Gasteiger partial charge in [0.25, 0.3) is 5.91 Å². The van der Waals surface area contributed by atoms with E-state index in [1.165, 1.54) is 11.8 Å². The first-order valence-corrected chi connectivity index (χ1v) is 12.5. The van der Waals surface area contributed by atoms with E-state index in [1.54, 1.807) is 27.4 Å². The van der Waals surface area contributed by atoms with Gasteiger partial charge in [-0.15, -0.1) is 0 Å². The van der Waals surface area contributed by atoms with Gasteiger partial charge in [-0.25, -0.2) is 0 Å². The van der Waals surface area contributed by atoms with Crippen molar-refractivity contribution in [1.29, 1.82) is 0 Å². The van der Waals surface area contributed by atoms with Crippen molar-refractivity contribution in [3.63, 3.8) is 0 Å². The molecule has 3 heterocycles. The molecule has 2 aromatic carbocycles. The molecule has 5 rings (SSSR count). The van der Waals surface area contributed by atoms with Crippen LogP contribution in [0.15, 0.2) is 47.8 Å². The molecule has 0 spiro atoms. The third-order valence-corrected chi connectivity index (χ3v) is 7.31. The first-order valence-electron chi connectivity index (χ1n) is 12.5. The molecule has 2 aliphatic rings. The van der Waals surface area contributed by atoms with Crippen LogP contribution in [0.25, 0.3) is 10.9 Å². The number of anilines is 1. The highest BCUT2D eigenvalue weighted by Crippen LogP contribution is 2.50. The summed E-state index contributed by atoms with van der Waals surface area (Å²) in [5.74, 6) is 1.12. The lowest BCUT2D eigenvalue weighted by molar-refractivity contribution is -0.139. The second-order valence-corrected chi connectivity index (χ2v) is 9.97. The Kier molecular flexibility index (Phi) is 6.35. The van der Waals surface area contributed by atoms with E-state index in [-0.39, 0.29) is 18.4 Å². The zero-order valence-corrected chi connectivity index (χ0v) is 22.2. The van der Waals surface area contributed by atoms with Crippen molar-refractivity contribution in [2.24, 2.45) is 5.92 Å². The third-order valence-electron chi connectivity index (χ3n) is 7.31. The number of methoxy groups -OCH3 is 3. The molecule has 0 saturated carbocycles. The Morgan fingerprint density at radius 1 is 1.05 bits per heavy atom. The van der Waals surface area contributed by atoms with Crippen LogP contribution in [0.2, 0.25) is 0 Å². The van der Waals surface area contributed by atoms with Crippen LogP contribution in [0.3, 0.4) is 0 Å². The van der Waals surface area contributed by atoms with Gasteiger partial charge < -0.3 is 24.1 Å². The maximum atomic E-state index is 13.8. The lowest BCUT2D eigenvalue weighted by Gasteiger charge is -2.23. The lowest BCUT2D eigenvalue weighted by Crippen LogP contribution is -2.33. The SMILES string of the molecule is COc1cc(OC)c(C2C3=C(CN(C(C)=O)C3=O)Nc3cccc4c3c2cn4CCC(C)C)cc1OC. The quantitative estimate of drug-likeness (QED) is 0.493. The highest BCUT2D eigenvalue weighted by Gasteiger charge is 2.43. The molecule has 0 saturated heterocycles. The second-order valence-electron chi connectivity index (χ2n) is 9.97. The molecule has 0 aliphatic carbocycles. The molecule has 37 heavy (non-hydrogen) atoms. The van der Waals surface area contributed by atoms with Crippen molar-refractivity contribution < 1.29 is 23.8 Å². The minimum Gasteiger partial charge on any atom is -0.496 e. The lowest BCUT2D eigenvalue weighted by atomic mass is 9.83. The van der Waals surface area contributed by atoms with Crippen molar-refractivity contribution in [2.45, 2.75) is 39.7 Å². The molecule has 1 N–H and O–H groups in total. The Labute approximate surface area is 216 Å². The van der Waals surface area contributed by atoms with Gasteiger partial charge in [0.05, 0.1) is 39.0 Å². The molecule has 2 aliphatic heterocycles. The van der Waals surface area contributed by atoms with Crippen LogP contribution in [-0.4, -0.2) is 49.2 Å². The van der Waals surface area contributed by atoms with Crippen molar-refractivity contribution >= 4 is 28.4 Å². The van der Waals surface area contributed by atoms with Crippen LogP contribution in [0.1, 0.15) is 44.2 Å². The van der Waals surface area contributed by atoms with Gasteiger partial charge in [0.15, 0.2) is 11.5 Å². The van der Waals surface area contributed by atoms with Gasteiger partial charge in [-0.2, -0.15) is 0 Å². The van der Waals surface area contributed by atoms with Gasteiger partial charge in [0.2, 0.25) is 5.91 Å². The van der Waals surface area contributed by atoms with Crippen molar-refractivity contribution in [2.75, 3.05) is 33.2 Å². The number of benzene rings is 2. The summed E-state index contributed by atoms with van der Waals surface area (Å²) in [7, 11) is 4.76. The summed E-state index contributed by atoms with van der Waals surface area (Å²) in [5, 5.41) is 4.58. The molecule has 194 valence electrons. The molecule has 2 amide bonds. The molecular formula is C29H33N3O5. The van der Waals surface area contributed by atoms with Crippen LogP contribution in [0.5, 0.6) is 17.2 Å². The van der Waals surface area contributed by atoms with E-state index in [4.69, 9.17) is 14.2 Å². The number of imide groups is 1. The van der Waals surface area contributed by atoms with E-state index in [0.717, 1.165) is 46.4 Å². The number of rotatable bonds is 7. The summed E-state index contributed by atoms with van der Waals surface area (Å²) >= 11 is 0. The van der Waals surface area contributed by atoms with Crippen molar-refractivity contribution in [3.05, 3.63) is 58.9 Å². The summed E-state index contributed by atoms with van der Waals surface area (Å²) < 4.78 is 19.3. The number of carbonyl (C=O) groups is 2.